The van der Waals surface area contributed by atoms with Crippen molar-refractivity contribution in [1.82, 2.24) is 19.8 Å². The normalized spacial score (nSPS) is 18.9. The molecule has 0 bridgehead atoms. The molecule has 0 aromatic carbocycles. The van der Waals surface area contributed by atoms with Gasteiger partial charge in [0.15, 0.2) is 0 Å². The van der Waals surface area contributed by atoms with E-state index in [2.05, 4.69) is 9.97 Å². The van der Waals surface area contributed by atoms with Crippen molar-refractivity contribution in [2.45, 2.75) is 46.1 Å². The van der Waals surface area contributed by atoms with Crippen LogP contribution in [0.15, 0.2) is 36.8 Å². The number of carbonyl (C=O) groups excluding carboxylic acids is 2. The lowest BCUT2D eigenvalue weighted by Crippen LogP contribution is -2.52. The van der Waals surface area contributed by atoms with Crippen molar-refractivity contribution in [3.05, 3.63) is 59.2 Å². The maximum atomic E-state index is 12.9. The third-order valence-electron chi connectivity index (χ3n) is 6.57. The number of hydrogen-bond donors (Lipinski definition) is 0. The van der Waals surface area contributed by atoms with Crippen LogP contribution in [0.5, 0.6) is 0 Å². The molecule has 0 atom stereocenters. The monoisotopic (exact) mass is 392 g/mol. The van der Waals surface area contributed by atoms with Crippen molar-refractivity contribution in [2.24, 2.45) is 5.41 Å². The van der Waals surface area contributed by atoms with Crippen molar-refractivity contribution in [1.29, 1.82) is 0 Å². The van der Waals surface area contributed by atoms with E-state index < -0.39 is 0 Å². The molecular formula is C23H28N4O2. The minimum atomic E-state index is 0.0657. The highest BCUT2D eigenvalue weighted by atomic mass is 16.2. The molecule has 2 amide bonds. The average Bonchev–Trinajstić information content (AvgIpc) is 2.74. The van der Waals surface area contributed by atoms with Gasteiger partial charge < -0.3 is 9.80 Å². The van der Waals surface area contributed by atoms with E-state index >= 15 is 0 Å². The molecule has 2 aliphatic rings. The van der Waals surface area contributed by atoms with Gasteiger partial charge in [-0.3, -0.25) is 19.6 Å². The zero-order valence-corrected chi connectivity index (χ0v) is 17.2. The molecular weight excluding hydrogens is 364 g/mol. The van der Waals surface area contributed by atoms with Gasteiger partial charge in [0, 0.05) is 56.9 Å². The molecule has 2 aliphatic heterocycles. The lowest BCUT2D eigenvalue weighted by molar-refractivity contribution is -0.139. The molecule has 4 rings (SSSR count). The summed E-state index contributed by atoms with van der Waals surface area (Å²) in [7, 11) is 0. The van der Waals surface area contributed by atoms with Gasteiger partial charge in [-0.05, 0) is 67.9 Å². The summed E-state index contributed by atoms with van der Waals surface area (Å²) in [5, 5.41) is 0. The third kappa shape index (κ3) is 4.16. The predicted molar refractivity (Wildman–Crippen MR) is 110 cm³/mol. The van der Waals surface area contributed by atoms with E-state index in [-0.39, 0.29) is 17.2 Å². The second-order valence-electron chi connectivity index (χ2n) is 8.52. The number of hydrogen-bond acceptors (Lipinski definition) is 4. The molecule has 0 radical (unpaired) electrons. The van der Waals surface area contributed by atoms with Crippen LogP contribution in [0.2, 0.25) is 0 Å². The van der Waals surface area contributed by atoms with Crippen LogP contribution in [-0.2, 0) is 11.3 Å². The number of amides is 2. The summed E-state index contributed by atoms with van der Waals surface area (Å²) in [6.45, 7) is 6.84. The van der Waals surface area contributed by atoms with Crippen LogP contribution in [0.4, 0.5) is 0 Å². The molecule has 29 heavy (non-hydrogen) atoms. The molecule has 0 saturated carbocycles. The van der Waals surface area contributed by atoms with Gasteiger partial charge in [-0.15, -0.1) is 0 Å². The van der Waals surface area contributed by atoms with E-state index in [1.165, 1.54) is 0 Å². The lowest BCUT2D eigenvalue weighted by Gasteiger charge is -2.47. The molecule has 2 saturated heterocycles. The van der Waals surface area contributed by atoms with Gasteiger partial charge in [-0.2, -0.15) is 0 Å². The van der Waals surface area contributed by atoms with E-state index in [9.17, 15) is 9.59 Å². The maximum absolute atomic E-state index is 12.9. The average molecular weight is 393 g/mol. The molecule has 4 heterocycles. The molecule has 1 spiro atoms. The van der Waals surface area contributed by atoms with Crippen LogP contribution < -0.4 is 0 Å². The Morgan fingerprint density at radius 1 is 1.14 bits per heavy atom. The van der Waals surface area contributed by atoms with Gasteiger partial charge in [0.25, 0.3) is 5.91 Å². The first-order chi connectivity index (χ1) is 14.0. The Bertz CT molecular complexity index is 904. The van der Waals surface area contributed by atoms with E-state index in [1.807, 2.05) is 41.8 Å². The van der Waals surface area contributed by atoms with Crippen LogP contribution >= 0.6 is 0 Å². The molecule has 152 valence electrons. The smallest absolute Gasteiger partial charge is 0.255 e. The Kier molecular flexibility index (Phi) is 5.35. The summed E-state index contributed by atoms with van der Waals surface area (Å²) in [4.78, 5) is 37.7. The Labute approximate surface area is 172 Å². The highest BCUT2D eigenvalue weighted by molar-refractivity contribution is 5.94. The minimum absolute atomic E-state index is 0.0657. The van der Waals surface area contributed by atoms with E-state index in [0.717, 1.165) is 55.7 Å². The summed E-state index contributed by atoms with van der Waals surface area (Å²) in [5.41, 5.74) is 3.91. The van der Waals surface area contributed by atoms with Gasteiger partial charge in [0.05, 0.1) is 5.56 Å². The van der Waals surface area contributed by atoms with Gasteiger partial charge in [-0.25, -0.2) is 0 Å². The highest BCUT2D eigenvalue weighted by Gasteiger charge is 2.41. The van der Waals surface area contributed by atoms with Gasteiger partial charge in [0.2, 0.25) is 5.91 Å². The van der Waals surface area contributed by atoms with Crippen LogP contribution in [0, 0.1) is 19.3 Å². The van der Waals surface area contributed by atoms with Gasteiger partial charge >= 0.3 is 0 Å². The maximum Gasteiger partial charge on any atom is 0.255 e. The van der Waals surface area contributed by atoms with Crippen molar-refractivity contribution in [2.75, 3.05) is 19.6 Å². The van der Waals surface area contributed by atoms with E-state index in [0.29, 0.717) is 18.5 Å². The number of aryl methyl sites for hydroxylation is 2. The van der Waals surface area contributed by atoms with E-state index in [4.69, 9.17) is 0 Å². The van der Waals surface area contributed by atoms with Crippen LogP contribution in [0.1, 0.15) is 52.9 Å². The topological polar surface area (TPSA) is 66.4 Å². The molecule has 2 aromatic heterocycles. The van der Waals surface area contributed by atoms with Crippen LogP contribution in [0.3, 0.4) is 0 Å². The van der Waals surface area contributed by atoms with Crippen molar-refractivity contribution < 1.29 is 9.59 Å². The number of likely N-dealkylation sites (tertiary alicyclic amines) is 2. The summed E-state index contributed by atoms with van der Waals surface area (Å²) in [5.74, 6) is 0.295. The molecule has 6 heteroatoms. The van der Waals surface area contributed by atoms with Gasteiger partial charge in [0.1, 0.15) is 0 Å². The van der Waals surface area contributed by atoms with Crippen LogP contribution in [0.25, 0.3) is 0 Å². The van der Waals surface area contributed by atoms with Gasteiger partial charge in [-0.1, -0.05) is 0 Å². The first-order valence-electron chi connectivity index (χ1n) is 10.3. The first kappa shape index (κ1) is 19.6. The fourth-order valence-corrected chi connectivity index (χ4v) is 4.49. The minimum Gasteiger partial charge on any atom is -0.339 e. The highest BCUT2D eigenvalue weighted by Crippen LogP contribution is 2.40. The van der Waals surface area contributed by atoms with Crippen molar-refractivity contribution in [3.8, 4) is 0 Å². The fraction of sp³-hybridized carbons (Fsp3) is 0.478. The zero-order valence-electron chi connectivity index (χ0n) is 17.2. The van der Waals surface area contributed by atoms with Crippen LogP contribution in [-0.4, -0.2) is 51.2 Å². The summed E-state index contributed by atoms with van der Waals surface area (Å²) in [6, 6.07) is 5.87. The molecule has 0 N–H and O–H groups in total. The Balaban J connectivity index is 1.40. The Morgan fingerprint density at radius 2 is 1.86 bits per heavy atom. The van der Waals surface area contributed by atoms with Crippen molar-refractivity contribution >= 4 is 11.8 Å². The molecule has 0 aliphatic carbocycles. The lowest BCUT2D eigenvalue weighted by atomic mass is 9.72. The summed E-state index contributed by atoms with van der Waals surface area (Å²) in [6.07, 6.45) is 8.63. The first-order valence-corrected chi connectivity index (χ1v) is 10.3. The molecule has 2 aromatic rings. The number of piperidine rings is 2. The van der Waals surface area contributed by atoms with E-state index in [1.54, 1.807) is 18.6 Å². The summed E-state index contributed by atoms with van der Waals surface area (Å²) < 4.78 is 0. The number of pyridine rings is 2. The largest absolute Gasteiger partial charge is 0.339 e. The zero-order chi connectivity index (χ0) is 20.4. The molecule has 2 fully saturated rings. The third-order valence-corrected chi connectivity index (χ3v) is 6.57. The molecule has 6 nitrogen and oxygen atoms in total. The summed E-state index contributed by atoms with van der Waals surface area (Å²) >= 11 is 0. The standard InChI is InChI=1S/C23H28N4O2/c1-17-13-20(14-25-18(17)2)22(29)26-11-7-23(8-12-26)6-3-21(28)27(16-23)15-19-4-9-24-10-5-19/h4-5,9-10,13-14H,3,6-8,11-12,15-16H2,1-2H3. The quantitative estimate of drug-likeness (QED) is 0.805. The second-order valence-corrected chi connectivity index (χ2v) is 8.52. The number of aromatic nitrogens is 2. The fourth-order valence-electron chi connectivity index (χ4n) is 4.49. The SMILES string of the molecule is Cc1cc(C(=O)N2CCC3(CCC(=O)N(Cc4ccncc4)C3)CC2)cnc1C. The number of carbonyl (C=O) groups is 2. The number of rotatable bonds is 3. The second kappa shape index (κ2) is 7.93. The Morgan fingerprint density at radius 3 is 2.55 bits per heavy atom. The predicted octanol–water partition coefficient (Wildman–Crippen LogP) is 3.14. The number of nitrogens with zero attached hydrogens (tertiary/aromatic N) is 4. The van der Waals surface area contributed by atoms with Crippen molar-refractivity contribution in [3.63, 3.8) is 0 Å². The Hall–Kier alpha value is -2.76. The molecule has 0 unspecified atom stereocenters.